The summed E-state index contributed by atoms with van der Waals surface area (Å²) < 4.78 is 26.6. The van der Waals surface area contributed by atoms with Crippen molar-refractivity contribution in [3.05, 3.63) is 83.3 Å². The summed E-state index contributed by atoms with van der Waals surface area (Å²) >= 11 is 0. The van der Waals surface area contributed by atoms with Crippen molar-refractivity contribution in [2.24, 2.45) is 0 Å². The van der Waals surface area contributed by atoms with Gasteiger partial charge in [-0.2, -0.15) is 0 Å². The van der Waals surface area contributed by atoms with Gasteiger partial charge in [-0.1, -0.05) is 18.2 Å². The van der Waals surface area contributed by atoms with Crippen molar-refractivity contribution >= 4 is 17.4 Å². The first-order valence-electron chi connectivity index (χ1n) is 8.41. The predicted octanol–water partition coefficient (Wildman–Crippen LogP) is 3.78. The van der Waals surface area contributed by atoms with Gasteiger partial charge in [0.25, 0.3) is 5.91 Å². The highest BCUT2D eigenvalue weighted by Gasteiger charge is 2.11. The monoisotopic (exact) mass is 368 g/mol. The molecule has 3 aromatic rings. The van der Waals surface area contributed by atoms with Crippen LogP contribution in [0.4, 0.5) is 20.3 Å². The number of amides is 1. The second kappa shape index (κ2) is 8.35. The summed E-state index contributed by atoms with van der Waals surface area (Å²) in [6.45, 7) is 1.95. The van der Waals surface area contributed by atoms with Gasteiger partial charge in [0.15, 0.2) is 0 Å². The van der Waals surface area contributed by atoms with Gasteiger partial charge in [0.2, 0.25) is 0 Å². The second-order valence-electron chi connectivity index (χ2n) is 5.91. The van der Waals surface area contributed by atoms with Crippen LogP contribution in [0, 0.1) is 18.6 Å². The molecule has 0 saturated carbocycles. The Labute approximate surface area is 155 Å². The van der Waals surface area contributed by atoms with Gasteiger partial charge >= 0.3 is 0 Å². The Kier molecular flexibility index (Phi) is 5.71. The topological polar surface area (TPSA) is 66.9 Å². The molecule has 0 unspecified atom stereocenters. The summed E-state index contributed by atoms with van der Waals surface area (Å²) in [5.74, 6) is -0.168. The molecule has 0 atom stereocenters. The Balaban J connectivity index is 1.65. The second-order valence-corrected chi connectivity index (χ2v) is 5.91. The van der Waals surface area contributed by atoms with Crippen LogP contribution in [-0.4, -0.2) is 22.4 Å². The minimum atomic E-state index is -0.376. The van der Waals surface area contributed by atoms with Crippen LogP contribution in [0.3, 0.4) is 0 Å². The summed E-state index contributed by atoms with van der Waals surface area (Å²) in [6.07, 6.45) is 0.378. The molecule has 1 aromatic heterocycles. The van der Waals surface area contributed by atoms with Crippen molar-refractivity contribution in [3.63, 3.8) is 0 Å². The number of aryl methyl sites for hydroxylation is 1. The molecule has 2 aromatic carbocycles. The molecular formula is C20H18F2N4O. The van der Waals surface area contributed by atoms with E-state index in [2.05, 4.69) is 20.6 Å². The van der Waals surface area contributed by atoms with Gasteiger partial charge in [0, 0.05) is 18.3 Å². The molecule has 138 valence electrons. The predicted molar refractivity (Wildman–Crippen MR) is 98.9 cm³/mol. The molecule has 2 N–H and O–H groups in total. The third kappa shape index (κ3) is 5.07. The summed E-state index contributed by atoms with van der Waals surface area (Å²) in [7, 11) is 0. The summed E-state index contributed by atoms with van der Waals surface area (Å²) in [4.78, 5) is 20.7. The lowest BCUT2D eigenvalue weighted by atomic mass is 10.1. The first-order chi connectivity index (χ1) is 13.0. The van der Waals surface area contributed by atoms with E-state index in [9.17, 15) is 13.6 Å². The maximum atomic E-state index is 13.6. The number of anilines is 2. The SMILES string of the molecule is Cc1nc(Nc2ccc(F)cc2)cc(C(=O)NCCc2ccccc2F)n1. The molecule has 7 heteroatoms. The lowest BCUT2D eigenvalue weighted by Crippen LogP contribution is -2.27. The van der Waals surface area contributed by atoms with E-state index in [4.69, 9.17) is 0 Å². The van der Waals surface area contributed by atoms with Gasteiger partial charge < -0.3 is 10.6 Å². The smallest absolute Gasteiger partial charge is 0.270 e. The van der Waals surface area contributed by atoms with Crippen LogP contribution in [0.2, 0.25) is 0 Å². The van der Waals surface area contributed by atoms with Crippen LogP contribution in [0.5, 0.6) is 0 Å². The number of carbonyl (C=O) groups is 1. The highest BCUT2D eigenvalue weighted by Crippen LogP contribution is 2.16. The van der Waals surface area contributed by atoms with Gasteiger partial charge in [-0.15, -0.1) is 0 Å². The largest absolute Gasteiger partial charge is 0.350 e. The molecular weight excluding hydrogens is 350 g/mol. The minimum absolute atomic E-state index is 0.195. The van der Waals surface area contributed by atoms with E-state index in [1.807, 2.05) is 0 Å². The molecule has 0 aliphatic rings. The number of hydrogen-bond donors (Lipinski definition) is 2. The van der Waals surface area contributed by atoms with Gasteiger partial charge in [-0.3, -0.25) is 4.79 Å². The lowest BCUT2D eigenvalue weighted by Gasteiger charge is -2.09. The van der Waals surface area contributed by atoms with E-state index in [1.54, 1.807) is 37.3 Å². The molecule has 0 saturated heterocycles. The third-order valence-corrected chi connectivity index (χ3v) is 3.82. The van der Waals surface area contributed by atoms with E-state index in [1.165, 1.54) is 24.3 Å². The fourth-order valence-electron chi connectivity index (χ4n) is 2.53. The summed E-state index contributed by atoms with van der Waals surface area (Å²) in [6, 6.07) is 13.7. The maximum absolute atomic E-state index is 13.6. The molecule has 3 rings (SSSR count). The fraction of sp³-hybridized carbons (Fsp3) is 0.150. The number of halogens is 2. The Hall–Kier alpha value is -3.35. The van der Waals surface area contributed by atoms with Crippen molar-refractivity contribution in [1.29, 1.82) is 0 Å². The van der Waals surface area contributed by atoms with E-state index in [0.717, 1.165) is 0 Å². The van der Waals surface area contributed by atoms with Crippen LogP contribution in [-0.2, 0) is 6.42 Å². The van der Waals surface area contributed by atoms with E-state index in [-0.39, 0.29) is 29.8 Å². The zero-order valence-corrected chi connectivity index (χ0v) is 14.7. The van der Waals surface area contributed by atoms with Crippen LogP contribution in [0.25, 0.3) is 0 Å². The number of benzene rings is 2. The average Bonchev–Trinajstić information content (AvgIpc) is 2.64. The van der Waals surface area contributed by atoms with Crippen molar-refractivity contribution in [2.75, 3.05) is 11.9 Å². The number of hydrogen-bond acceptors (Lipinski definition) is 4. The molecule has 0 spiro atoms. The zero-order valence-electron chi connectivity index (χ0n) is 14.7. The standard InChI is InChI=1S/C20H18F2N4O/c1-13-24-18(12-19(25-13)26-16-8-6-15(21)7-9-16)20(27)23-11-10-14-4-2-3-5-17(14)22/h2-9,12H,10-11H2,1H3,(H,23,27)(H,24,25,26). The highest BCUT2D eigenvalue weighted by atomic mass is 19.1. The maximum Gasteiger partial charge on any atom is 0.270 e. The Morgan fingerprint density at radius 2 is 1.78 bits per heavy atom. The summed E-state index contributed by atoms with van der Waals surface area (Å²) in [5, 5.41) is 5.74. The molecule has 1 amide bonds. The van der Waals surface area contributed by atoms with Crippen molar-refractivity contribution in [3.8, 4) is 0 Å². The van der Waals surface area contributed by atoms with Crippen molar-refractivity contribution in [2.45, 2.75) is 13.3 Å². The number of rotatable bonds is 6. The van der Waals surface area contributed by atoms with Crippen molar-refractivity contribution in [1.82, 2.24) is 15.3 Å². The van der Waals surface area contributed by atoms with Crippen LogP contribution >= 0.6 is 0 Å². The van der Waals surface area contributed by atoms with E-state index < -0.39 is 0 Å². The zero-order chi connectivity index (χ0) is 19.2. The average molecular weight is 368 g/mol. The first-order valence-corrected chi connectivity index (χ1v) is 8.41. The third-order valence-electron chi connectivity index (χ3n) is 3.82. The number of aromatic nitrogens is 2. The lowest BCUT2D eigenvalue weighted by molar-refractivity contribution is 0.0948. The van der Waals surface area contributed by atoms with Crippen LogP contribution in [0.15, 0.2) is 54.6 Å². The molecule has 27 heavy (non-hydrogen) atoms. The van der Waals surface area contributed by atoms with E-state index >= 15 is 0 Å². The fourth-order valence-corrected chi connectivity index (χ4v) is 2.53. The molecule has 0 bridgehead atoms. The number of carbonyl (C=O) groups excluding carboxylic acids is 1. The Morgan fingerprint density at radius 3 is 2.52 bits per heavy atom. The Morgan fingerprint density at radius 1 is 1.04 bits per heavy atom. The van der Waals surface area contributed by atoms with Gasteiger partial charge in [-0.25, -0.2) is 18.7 Å². The highest BCUT2D eigenvalue weighted by molar-refractivity contribution is 5.93. The minimum Gasteiger partial charge on any atom is -0.350 e. The molecule has 0 aliphatic carbocycles. The van der Waals surface area contributed by atoms with Crippen LogP contribution in [0.1, 0.15) is 21.9 Å². The first kappa shape index (κ1) is 18.4. The molecule has 0 fully saturated rings. The van der Waals surface area contributed by atoms with E-state index in [0.29, 0.717) is 29.3 Å². The molecule has 0 aliphatic heterocycles. The number of nitrogens with zero attached hydrogens (tertiary/aromatic N) is 2. The quantitative estimate of drug-likeness (QED) is 0.695. The summed E-state index contributed by atoms with van der Waals surface area (Å²) in [5.41, 5.74) is 1.37. The molecule has 0 radical (unpaired) electrons. The van der Waals surface area contributed by atoms with Gasteiger partial charge in [-0.05, 0) is 49.2 Å². The molecule has 1 heterocycles. The van der Waals surface area contributed by atoms with Gasteiger partial charge in [0.05, 0.1) is 0 Å². The normalized spacial score (nSPS) is 10.5. The molecule has 5 nitrogen and oxygen atoms in total. The van der Waals surface area contributed by atoms with Gasteiger partial charge in [0.1, 0.15) is 29.0 Å². The Bertz CT molecular complexity index is 945. The van der Waals surface area contributed by atoms with Crippen LogP contribution < -0.4 is 10.6 Å². The number of nitrogens with one attached hydrogen (secondary N) is 2. The van der Waals surface area contributed by atoms with Crippen molar-refractivity contribution < 1.29 is 13.6 Å².